The molecule has 0 amide bonds. The predicted octanol–water partition coefficient (Wildman–Crippen LogP) is 1.89. The monoisotopic (exact) mass is 283 g/mol. The summed E-state index contributed by atoms with van der Waals surface area (Å²) in [4.78, 5) is 10.8. The Morgan fingerprint density at radius 2 is 2.05 bits per heavy atom. The van der Waals surface area contributed by atoms with Crippen molar-refractivity contribution in [2.24, 2.45) is 0 Å². The van der Waals surface area contributed by atoms with E-state index in [9.17, 15) is 14.3 Å². The SMILES string of the molecule is Cc1cc(/C=C(\C#N)C(=O)[O-])c(C)n1-c1ccccc1F. The molecule has 21 heavy (non-hydrogen) atoms. The number of para-hydroxylation sites is 1. The van der Waals surface area contributed by atoms with Gasteiger partial charge in [0.25, 0.3) is 0 Å². The second-order valence-corrected chi connectivity index (χ2v) is 4.57. The number of carboxylic acids is 1. The predicted molar refractivity (Wildman–Crippen MR) is 73.8 cm³/mol. The third-order valence-corrected chi connectivity index (χ3v) is 3.20. The molecule has 1 aromatic heterocycles. The van der Waals surface area contributed by atoms with Gasteiger partial charge in [0, 0.05) is 11.4 Å². The number of nitriles is 1. The fraction of sp³-hybridized carbons (Fsp3) is 0.125. The summed E-state index contributed by atoms with van der Waals surface area (Å²) in [5.41, 5.74) is 1.82. The van der Waals surface area contributed by atoms with Crippen LogP contribution in [0.3, 0.4) is 0 Å². The van der Waals surface area contributed by atoms with Crippen molar-refractivity contribution in [3.63, 3.8) is 0 Å². The van der Waals surface area contributed by atoms with Gasteiger partial charge in [0.1, 0.15) is 11.9 Å². The maximum atomic E-state index is 13.9. The molecule has 4 nitrogen and oxygen atoms in total. The molecule has 0 bridgehead atoms. The van der Waals surface area contributed by atoms with Crippen molar-refractivity contribution in [1.29, 1.82) is 5.26 Å². The Kier molecular flexibility index (Phi) is 3.90. The van der Waals surface area contributed by atoms with E-state index in [0.717, 1.165) is 5.69 Å². The Bertz CT molecular complexity index is 782. The van der Waals surface area contributed by atoms with Crippen LogP contribution in [0.2, 0.25) is 0 Å². The Hall–Kier alpha value is -2.87. The van der Waals surface area contributed by atoms with Crippen LogP contribution in [0.25, 0.3) is 11.8 Å². The number of aliphatic carboxylic acids is 1. The third kappa shape index (κ3) is 2.70. The molecule has 0 aliphatic rings. The van der Waals surface area contributed by atoms with Gasteiger partial charge < -0.3 is 14.5 Å². The Labute approximate surface area is 121 Å². The average Bonchev–Trinajstić information content (AvgIpc) is 2.71. The van der Waals surface area contributed by atoms with E-state index in [1.807, 2.05) is 0 Å². The minimum Gasteiger partial charge on any atom is -0.544 e. The highest BCUT2D eigenvalue weighted by Gasteiger charge is 2.13. The lowest BCUT2D eigenvalue weighted by molar-refractivity contribution is -0.298. The summed E-state index contributed by atoms with van der Waals surface area (Å²) >= 11 is 0. The van der Waals surface area contributed by atoms with Crippen LogP contribution in [0.4, 0.5) is 4.39 Å². The summed E-state index contributed by atoms with van der Waals surface area (Å²) in [7, 11) is 0. The van der Waals surface area contributed by atoms with Crippen LogP contribution < -0.4 is 5.11 Å². The fourth-order valence-electron chi connectivity index (χ4n) is 2.23. The van der Waals surface area contributed by atoms with E-state index in [4.69, 9.17) is 5.26 Å². The van der Waals surface area contributed by atoms with Gasteiger partial charge in [-0.1, -0.05) is 12.1 Å². The molecule has 2 aromatic rings. The van der Waals surface area contributed by atoms with E-state index in [1.165, 1.54) is 12.1 Å². The minimum atomic E-state index is -1.53. The van der Waals surface area contributed by atoms with E-state index < -0.39 is 11.5 Å². The molecule has 5 heteroatoms. The van der Waals surface area contributed by atoms with Gasteiger partial charge in [-0.25, -0.2) is 4.39 Å². The smallest absolute Gasteiger partial charge is 0.147 e. The van der Waals surface area contributed by atoms with E-state index >= 15 is 0 Å². The van der Waals surface area contributed by atoms with Crippen LogP contribution in [0.15, 0.2) is 35.9 Å². The van der Waals surface area contributed by atoms with E-state index in [1.54, 1.807) is 48.7 Å². The summed E-state index contributed by atoms with van der Waals surface area (Å²) in [5.74, 6) is -1.91. The van der Waals surface area contributed by atoms with Crippen molar-refractivity contribution in [1.82, 2.24) is 4.57 Å². The van der Waals surface area contributed by atoms with Crippen LogP contribution in [-0.2, 0) is 4.79 Å². The molecule has 0 spiro atoms. The molecule has 0 N–H and O–H groups in total. The van der Waals surface area contributed by atoms with Gasteiger partial charge in [0.2, 0.25) is 0 Å². The van der Waals surface area contributed by atoms with Gasteiger partial charge >= 0.3 is 0 Å². The average molecular weight is 283 g/mol. The molecular formula is C16H12FN2O2-. The van der Waals surface area contributed by atoms with Crippen molar-refractivity contribution in [2.75, 3.05) is 0 Å². The van der Waals surface area contributed by atoms with E-state index in [2.05, 4.69) is 0 Å². The zero-order valence-electron chi connectivity index (χ0n) is 11.6. The molecule has 0 radical (unpaired) electrons. The normalized spacial score (nSPS) is 11.2. The lowest BCUT2D eigenvalue weighted by atomic mass is 10.1. The van der Waals surface area contributed by atoms with Gasteiger partial charge in [-0.15, -0.1) is 0 Å². The summed E-state index contributed by atoms with van der Waals surface area (Å²) in [5, 5.41) is 19.6. The van der Waals surface area contributed by atoms with Crippen molar-refractivity contribution in [3.8, 4) is 11.8 Å². The maximum absolute atomic E-state index is 13.9. The molecule has 0 saturated carbocycles. The molecule has 1 aromatic carbocycles. The lowest BCUT2D eigenvalue weighted by Gasteiger charge is -2.10. The quantitative estimate of drug-likeness (QED) is 0.638. The van der Waals surface area contributed by atoms with Crippen molar-refractivity contribution < 1.29 is 14.3 Å². The highest BCUT2D eigenvalue weighted by atomic mass is 19.1. The molecule has 0 aliphatic heterocycles. The van der Waals surface area contributed by atoms with Crippen molar-refractivity contribution in [2.45, 2.75) is 13.8 Å². The fourth-order valence-corrected chi connectivity index (χ4v) is 2.23. The third-order valence-electron chi connectivity index (χ3n) is 3.20. The number of carbonyl (C=O) groups is 1. The Morgan fingerprint density at radius 3 is 2.62 bits per heavy atom. The van der Waals surface area contributed by atoms with E-state index in [-0.39, 0.29) is 5.82 Å². The van der Waals surface area contributed by atoms with Gasteiger partial charge in [-0.3, -0.25) is 0 Å². The Balaban J connectivity index is 2.62. The molecule has 1 heterocycles. The van der Waals surface area contributed by atoms with Crippen LogP contribution in [0, 0.1) is 31.0 Å². The topological polar surface area (TPSA) is 68.8 Å². The molecule has 0 unspecified atom stereocenters. The number of aromatic nitrogens is 1. The number of halogens is 1. The first-order chi connectivity index (χ1) is 9.95. The van der Waals surface area contributed by atoms with Crippen LogP contribution in [0.5, 0.6) is 0 Å². The zero-order chi connectivity index (χ0) is 15.6. The van der Waals surface area contributed by atoms with Crippen LogP contribution >= 0.6 is 0 Å². The molecule has 0 aliphatic carbocycles. The molecule has 2 rings (SSSR count). The molecule has 0 fully saturated rings. The number of benzene rings is 1. The molecule has 0 saturated heterocycles. The van der Waals surface area contributed by atoms with Crippen LogP contribution in [-0.4, -0.2) is 10.5 Å². The lowest BCUT2D eigenvalue weighted by Crippen LogP contribution is -2.23. The van der Waals surface area contributed by atoms with Gasteiger partial charge in [-0.05, 0) is 43.7 Å². The summed E-state index contributed by atoms with van der Waals surface area (Å²) in [6.07, 6.45) is 1.23. The number of aryl methyl sites for hydroxylation is 1. The standard InChI is InChI=1S/C16H13FN2O2/c1-10-7-12(8-13(9-18)16(20)21)11(2)19(10)15-6-4-3-5-14(15)17/h3-8H,1-2H3,(H,20,21)/p-1/b13-8+. The summed E-state index contributed by atoms with van der Waals surface area (Å²) in [6.45, 7) is 3.51. The summed E-state index contributed by atoms with van der Waals surface area (Å²) in [6, 6.07) is 9.57. The largest absolute Gasteiger partial charge is 0.544 e. The molecular weight excluding hydrogens is 271 g/mol. The maximum Gasteiger partial charge on any atom is 0.147 e. The number of carboxylic acid groups (broad SMARTS) is 1. The molecule has 0 atom stereocenters. The molecule has 106 valence electrons. The minimum absolute atomic E-state index is 0.374. The second kappa shape index (κ2) is 5.63. The van der Waals surface area contributed by atoms with E-state index in [0.29, 0.717) is 16.9 Å². The first kappa shape index (κ1) is 14.5. The van der Waals surface area contributed by atoms with Crippen LogP contribution in [0.1, 0.15) is 17.0 Å². The second-order valence-electron chi connectivity index (χ2n) is 4.57. The van der Waals surface area contributed by atoms with Gasteiger partial charge in [0.05, 0.1) is 17.2 Å². The zero-order valence-corrected chi connectivity index (χ0v) is 11.6. The number of nitrogens with zero attached hydrogens (tertiary/aromatic N) is 2. The highest BCUT2D eigenvalue weighted by Crippen LogP contribution is 2.24. The Morgan fingerprint density at radius 1 is 1.38 bits per heavy atom. The number of carbonyl (C=O) groups excluding carboxylic acids is 1. The summed E-state index contributed by atoms with van der Waals surface area (Å²) < 4.78 is 15.6. The van der Waals surface area contributed by atoms with Crippen molar-refractivity contribution >= 4 is 12.0 Å². The first-order valence-electron chi connectivity index (χ1n) is 6.22. The van der Waals surface area contributed by atoms with Crippen molar-refractivity contribution in [3.05, 3.63) is 58.7 Å². The number of rotatable bonds is 3. The number of hydrogen-bond acceptors (Lipinski definition) is 3. The number of hydrogen-bond donors (Lipinski definition) is 0. The van der Waals surface area contributed by atoms with Gasteiger partial charge in [0.15, 0.2) is 0 Å². The highest BCUT2D eigenvalue weighted by molar-refractivity contribution is 5.95. The first-order valence-corrected chi connectivity index (χ1v) is 6.22. The van der Waals surface area contributed by atoms with Gasteiger partial charge in [-0.2, -0.15) is 5.26 Å².